The molecule has 0 saturated carbocycles. The Morgan fingerprint density at radius 1 is 1.38 bits per heavy atom. The van der Waals surface area contributed by atoms with Crippen molar-refractivity contribution < 1.29 is 9.53 Å². The zero-order valence-corrected chi connectivity index (χ0v) is 14.9. The number of nitrogens with one attached hydrogen (secondary N) is 1. The predicted molar refractivity (Wildman–Crippen MR) is 95.3 cm³/mol. The number of amides is 1. The molecule has 1 aromatic rings. The molecular weight excluding hydrogens is 304 g/mol. The predicted octanol–water partition coefficient (Wildman–Crippen LogP) is 2.65. The van der Waals surface area contributed by atoms with E-state index in [1.807, 2.05) is 20.8 Å². The van der Waals surface area contributed by atoms with E-state index < -0.39 is 5.60 Å². The van der Waals surface area contributed by atoms with Crippen molar-refractivity contribution in [1.82, 2.24) is 10.3 Å². The number of carbonyl (C=O) groups excluding carboxylic acids is 1. The van der Waals surface area contributed by atoms with E-state index >= 15 is 0 Å². The van der Waals surface area contributed by atoms with Gasteiger partial charge in [-0.25, -0.2) is 4.79 Å². The van der Waals surface area contributed by atoms with E-state index in [-0.39, 0.29) is 12.1 Å². The van der Waals surface area contributed by atoms with Gasteiger partial charge in [0.1, 0.15) is 5.60 Å². The lowest BCUT2D eigenvalue weighted by atomic mass is 10.0. The van der Waals surface area contributed by atoms with Gasteiger partial charge in [-0.1, -0.05) is 0 Å². The van der Waals surface area contributed by atoms with Crippen molar-refractivity contribution in [2.24, 2.45) is 0 Å². The molecule has 1 fully saturated rings. The quantitative estimate of drug-likeness (QED) is 0.870. The van der Waals surface area contributed by atoms with Crippen LogP contribution in [0.15, 0.2) is 6.20 Å². The highest BCUT2D eigenvalue weighted by Crippen LogP contribution is 2.36. The third-order valence-corrected chi connectivity index (χ3v) is 4.57. The maximum atomic E-state index is 12.0. The minimum Gasteiger partial charge on any atom is -0.444 e. The third-order valence-electron chi connectivity index (χ3n) is 4.57. The summed E-state index contributed by atoms with van der Waals surface area (Å²) in [5, 5.41) is 3.00. The van der Waals surface area contributed by atoms with Gasteiger partial charge in [-0.3, -0.25) is 4.98 Å². The van der Waals surface area contributed by atoms with Gasteiger partial charge in [0.05, 0.1) is 17.6 Å². The highest BCUT2D eigenvalue weighted by atomic mass is 16.6. The first kappa shape index (κ1) is 16.9. The number of aromatic nitrogens is 1. The molecule has 1 aromatic heterocycles. The second-order valence-electron chi connectivity index (χ2n) is 7.77. The summed E-state index contributed by atoms with van der Waals surface area (Å²) in [6, 6.07) is 0.0817. The molecule has 3 rings (SSSR count). The molecular formula is C18H28N4O2. The Bertz CT molecular complexity index is 624. The van der Waals surface area contributed by atoms with Gasteiger partial charge < -0.3 is 20.7 Å². The number of nitrogen functional groups attached to an aromatic ring is 1. The molecule has 24 heavy (non-hydrogen) atoms. The number of rotatable bonds is 2. The summed E-state index contributed by atoms with van der Waals surface area (Å²) in [6.45, 7) is 7.36. The van der Waals surface area contributed by atoms with Crippen LogP contribution in [-0.2, 0) is 17.6 Å². The fourth-order valence-corrected chi connectivity index (χ4v) is 3.65. The lowest BCUT2D eigenvalue weighted by Crippen LogP contribution is -2.49. The number of hydrogen-bond donors (Lipinski definition) is 2. The van der Waals surface area contributed by atoms with Gasteiger partial charge >= 0.3 is 6.09 Å². The van der Waals surface area contributed by atoms with Crippen LogP contribution in [-0.4, -0.2) is 35.8 Å². The summed E-state index contributed by atoms with van der Waals surface area (Å²) in [6.07, 6.45) is 6.65. The number of ether oxygens (including phenoxy) is 1. The first-order valence-corrected chi connectivity index (χ1v) is 8.84. The molecule has 0 bridgehead atoms. The topological polar surface area (TPSA) is 80.5 Å². The first-order valence-electron chi connectivity index (χ1n) is 8.84. The molecule has 0 spiro atoms. The van der Waals surface area contributed by atoms with Crippen molar-refractivity contribution >= 4 is 17.5 Å². The molecule has 6 heteroatoms. The molecule has 1 aliphatic heterocycles. The van der Waals surface area contributed by atoms with Gasteiger partial charge in [-0.15, -0.1) is 0 Å². The maximum absolute atomic E-state index is 12.0. The Hall–Kier alpha value is -1.98. The van der Waals surface area contributed by atoms with E-state index in [4.69, 9.17) is 10.5 Å². The van der Waals surface area contributed by atoms with Crippen molar-refractivity contribution in [3.8, 4) is 0 Å². The van der Waals surface area contributed by atoms with Crippen LogP contribution < -0.4 is 16.0 Å². The monoisotopic (exact) mass is 332 g/mol. The van der Waals surface area contributed by atoms with E-state index in [0.717, 1.165) is 56.6 Å². The average Bonchev–Trinajstić information content (AvgIpc) is 2.93. The number of piperidine rings is 1. The van der Waals surface area contributed by atoms with Gasteiger partial charge in [0, 0.05) is 24.8 Å². The number of nitrogens with zero attached hydrogens (tertiary/aromatic N) is 2. The van der Waals surface area contributed by atoms with Crippen molar-refractivity contribution in [3.05, 3.63) is 17.5 Å². The Kier molecular flexibility index (Phi) is 4.56. The smallest absolute Gasteiger partial charge is 0.407 e. The zero-order chi connectivity index (χ0) is 17.3. The number of alkyl carbamates (subject to hydrolysis) is 1. The molecule has 1 atom stereocenters. The van der Waals surface area contributed by atoms with Gasteiger partial charge in [-0.05, 0) is 58.4 Å². The van der Waals surface area contributed by atoms with Gasteiger partial charge in [-0.2, -0.15) is 0 Å². The number of carbonyl (C=O) groups is 1. The van der Waals surface area contributed by atoms with Crippen molar-refractivity contribution in [3.63, 3.8) is 0 Å². The Morgan fingerprint density at radius 2 is 2.17 bits per heavy atom. The fraction of sp³-hybridized carbons (Fsp3) is 0.667. The molecule has 0 radical (unpaired) electrons. The average molecular weight is 332 g/mol. The van der Waals surface area contributed by atoms with Gasteiger partial charge in [0.2, 0.25) is 0 Å². The summed E-state index contributed by atoms with van der Waals surface area (Å²) in [5.41, 5.74) is 10.1. The van der Waals surface area contributed by atoms with Gasteiger partial charge in [0.25, 0.3) is 0 Å². The number of aryl methyl sites for hydroxylation is 1. The van der Waals surface area contributed by atoms with Crippen molar-refractivity contribution in [1.29, 1.82) is 0 Å². The largest absolute Gasteiger partial charge is 0.444 e. The van der Waals surface area contributed by atoms with Crippen molar-refractivity contribution in [2.45, 2.75) is 64.5 Å². The normalized spacial score (nSPS) is 20.6. The molecule has 6 nitrogen and oxygen atoms in total. The summed E-state index contributed by atoms with van der Waals surface area (Å²) in [7, 11) is 0. The number of nitrogens with two attached hydrogens (primary N) is 1. The Morgan fingerprint density at radius 3 is 2.92 bits per heavy atom. The van der Waals surface area contributed by atoms with Crippen LogP contribution in [0.2, 0.25) is 0 Å². The third kappa shape index (κ3) is 3.74. The van der Waals surface area contributed by atoms with Crippen LogP contribution in [0, 0.1) is 0 Å². The van der Waals surface area contributed by atoms with Crippen LogP contribution in [0.25, 0.3) is 0 Å². The van der Waals surface area contributed by atoms with Crippen LogP contribution in [0.3, 0.4) is 0 Å². The minimum atomic E-state index is -0.477. The van der Waals surface area contributed by atoms with E-state index in [1.165, 1.54) is 11.3 Å². The van der Waals surface area contributed by atoms with Crippen LogP contribution >= 0.6 is 0 Å². The lowest BCUT2D eigenvalue weighted by Gasteiger charge is -2.36. The zero-order valence-electron chi connectivity index (χ0n) is 14.9. The Labute approximate surface area is 143 Å². The highest BCUT2D eigenvalue weighted by Gasteiger charge is 2.28. The highest BCUT2D eigenvalue weighted by molar-refractivity contribution is 5.73. The Balaban J connectivity index is 1.71. The van der Waals surface area contributed by atoms with E-state index in [0.29, 0.717) is 0 Å². The SMILES string of the molecule is CC(C)(C)OC(=O)NC1CCCN(c2c(N)cnc3c2CCC3)C1. The summed E-state index contributed by atoms with van der Waals surface area (Å²) in [4.78, 5) is 18.8. The van der Waals surface area contributed by atoms with E-state index in [2.05, 4.69) is 15.2 Å². The molecule has 2 heterocycles. The van der Waals surface area contributed by atoms with Gasteiger partial charge in [0.15, 0.2) is 0 Å². The second kappa shape index (κ2) is 6.49. The summed E-state index contributed by atoms with van der Waals surface area (Å²) < 4.78 is 5.38. The molecule has 3 N–H and O–H groups in total. The molecule has 132 valence electrons. The minimum absolute atomic E-state index is 0.0817. The fourth-order valence-electron chi connectivity index (χ4n) is 3.65. The molecule has 1 unspecified atom stereocenters. The molecule has 1 aliphatic carbocycles. The van der Waals surface area contributed by atoms with Crippen LogP contribution in [0.4, 0.5) is 16.2 Å². The second-order valence-corrected chi connectivity index (χ2v) is 7.77. The molecule has 1 saturated heterocycles. The summed E-state index contributed by atoms with van der Waals surface area (Å²) in [5.74, 6) is 0. The number of hydrogen-bond acceptors (Lipinski definition) is 5. The summed E-state index contributed by atoms with van der Waals surface area (Å²) >= 11 is 0. The molecule has 2 aliphatic rings. The van der Waals surface area contributed by atoms with Crippen molar-refractivity contribution in [2.75, 3.05) is 23.7 Å². The van der Waals surface area contributed by atoms with E-state index in [1.54, 1.807) is 6.20 Å². The van der Waals surface area contributed by atoms with E-state index in [9.17, 15) is 4.79 Å². The van der Waals surface area contributed by atoms with Crippen LogP contribution in [0.1, 0.15) is 51.3 Å². The maximum Gasteiger partial charge on any atom is 0.407 e. The molecule has 0 aromatic carbocycles. The number of pyridine rings is 1. The van der Waals surface area contributed by atoms with Crippen LogP contribution in [0.5, 0.6) is 0 Å². The number of fused-ring (bicyclic) bond motifs is 1. The lowest BCUT2D eigenvalue weighted by molar-refractivity contribution is 0.0500. The number of anilines is 2. The first-order chi connectivity index (χ1) is 11.3. The molecule has 1 amide bonds. The standard InChI is InChI=1S/C18H28N4O2/c1-18(2,3)24-17(23)21-12-6-5-9-22(11-12)16-13-7-4-8-15(13)20-10-14(16)19/h10,12H,4-9,11,19H2,1-3H3,(H,21,23).